The smallest absolute Gasteiger partial charge is 0.272 e. The van der Waals surface area contributed by atoms with Gasteiger partial charge in [0.15, 0.2) is 5.84 Å². The lowest BCUT2D eigenvalue weighted by molar-refractivity contribution is 0.0767. The Morgan fingerprint density at radius 2 is 2.41 bits per heavy atom. The van der Waals surface area contributed by atoms with E-state index in [0.717, 1.165) is 6.42 Å². The highest BCUT2D eigenvalue weighted by Crippen LogP contribution is 2.04. The number of nitrogens with zero attached hydrogens (tertiary/aromatic N) is 4. The van der Waals surface area contributed by atoms with Crippen molar-refractivity contribution in [3.05, 3.63) is 18.0 Å². The molecule has 1 amide bonds. The molecule has 0 aliphatic heterocycles. The molecule has 17 heavy (non-hydrogen) atoms. The maximum Gasteiger partial charge on any atom is 0.272 e. The van der Waals surface area contributed by atoms with E-state index < -0.39 is 0 Å². The molecule has 94 valence electrons. The van der Waals surface area contributed by atoms with E-state index in [1.807, 2.05) is 6.92 Å². The molecule has 0 spiro atoms. The number of hydrogen-bond acceptors (Lipinski definition) is 4. The van der Waals surface area contributed by atoms with Crippen LogP contribution >= 0.6 is 0 Å². The first-order chi connectivity index (χ1) is 8.10. The van der Waals surface area contributed by atoms with Crippen LogP contribution < -0.4 is 5.73 Å². The number of amides is 1. The summed E-state index contributed by atoms with van der Waals surface area (Å²) in [6, 6.07) is 1.64. The molecule has 0 saturated carbocycles. The highest BCUT2D eigenvalue weighted by molar-refractivity contribution is 5.95. The summed E-state index contributed by atoms with van der Waals surface area (Å²) >= 11 is 0. The van der Waals surface area contributed by atoms with Gasteiger partial charge in [-0.15, -0.1) is 0 Å². The summed E-state index contributed by atoms with van der Waals surface area (Å²) in [7, 11) is 1.70. The molecular weight excluding hydrogens is 222 g/mol. The van der Waals surface area contributed by atoms with Crippen LogP contribution in [0.4, 0.5) is 0 Å². The molecule has 7 nitrogen and oxygen atoms in total. The first-order valence-electron chi connectivity index (χ1n) is 5.33. The molecule has 0 atom stereocenters. The maximum absolute atomic E-state index is 12.1. The lowest BCUT2D eigenvalue weighted by Crippen LogP contribution is -2.39. The third-order valence-corrected chi connectivity index (χ3v) is 2.30. The van der Waals surface area contributed by atoms with Crippen molar-refractivity contribution >= 4 is 11.7 Å². The first-order valence-corrected chi connectivity index (χ1v) is 5.33. The van der Waals surface area contributed by atoms with Gasteiger partial charge in [-0.25, -0.2) is 0 Å². The van der Waals surface area contributed by atoms with E-state index in [-0.39, 0.29) is 18.3 Å². The summed E-state index contributed by atoms with van der Waals surface area (Å²) in [5.74, 6) is -0.174. The van der Waals surface area contributed by atoms with E-state index >= 15 is 0 Å². The van der Waals surface area contributed by atoms with Gasteiger partial charge in [-0.05, 0) is 12.5 Å². The Kier molecular flexibility index (Phi) is 4.50. The number of amidine groups is 1. The third-order valence-electron chi connectivity index (χ3n) is 2.30. The zero-order chi connectivity index (χ0) is 12.8. The zero-order valence-electron chi connectivity index (χ0n) is 10.00. The zero-order valence-corrected chi connectivity index (χ0v) is 10.00. The molecule has 0 aromatic carbocycles. The van der Waals surface area contributed by atoms with Gasteiger partial charge in [0.2, 0.25) is 0 Å². The topological polar surface area (TPSA) is 96.7 Å². The molecule has 7 heteroatoms. The van der Waals surface area contributed by atoms with Gasteiger partial charge in [-0.1, -0.05) is 12.1 Å². The van der Waals surface area contributed by atoms with Crippen LogP contribution in [0.5, 0.6) is 0 Å². The SMILES string of the molecule is CCCN(CC(N)=NO)C(=O)c1ccnn1C. The number of aryl methyl sites for hydroxylation is 1. The molecule has 0 saturated heterocycles. The fourth-order valence-corrected chi connectivity index (χ4v) is 1.50. The minimum absolute atomic E-state index is 0.00830. The predicted octanol–water partition coefficient (Wildman–Crippen LogP) is 0.0187. The van der Waals surface area contributed by atoms with Gasteiger partial charge in [0.25, 0.3) is 5.91 Å². The fourth-order valence-electron chi connectivity index (χ4n) is 1.50. The van der Waals surface area contributed by atoms with E-state index in [1.54, 1.807) is 19.3 Å². The Labute approximate surface area is 99.5 Å². The summed E-state index contributed by atoms with van der Waals surface area (Å²) in [4.78, 5) is 13.7. The lowest BCUT2D eigenvalue weighted by atomic mass is 10.3. The van der Waals surface area contributed by atoms with Crippen molar-refractivity contribution in [1.29, 1.82) is 0 Å². The molecule has 0 aliphatic carbocycles. The number of rotatable bonds is 5. The number of hydrogen-bond donors (Lipinski definition) is 2. The molecule has 3 N–H and O–H groups in total. The highest BCUT2D eigenvalue weighted by atomic mass is 16.4. The average molecular weight is 239 g/mol. The summed E-state index contributed by atoms with van der Waals surface area (Å²) in [5, 5.41) is 15.3. The van der Waals surface area contributed by atoms with Crippen LogP contribution in [-0.2, 0) is 7.05 Å². The maximum atomic E-state index is 12.1. The molecule has 1 rings (SSSR count). The number of oxime groups is 1. The molecule has 0 aliphatic rings. The molecule has 1 aromatic heterocycles. The molecule has 1 aromatic rings. The summed E-state index contributed by atoms with van der Waals surface area (Å²) in [5.41, 5.74) is 5.89. The summed E-state index contributed by atoms with van der Waals surface area (Å²) < 4.78 is 1.50. The number of nitrogens with two attached hydrogens (primary N) is 1. The average Bonchev–Trinajstić information content (AvgIpc) is 2.73. The van der Waals surface area contributed by atoms with Crippen LogP contribution in [0, 0.1) is 0 Å². The van der Waals surface area contributed by atoms with Gasteiger partial charge >= 0.3 is 0 Å². The van der Waals surface area contributed by atoms with Gasteiger partial charge in [0.1, 0.15) is 5.69 Å². The van der Waals surface area contributed by atoms with E-state index in [2.05, 4.69) is 10.3 Å². The normalized spacial score (nSPS) is 11.5. The van der Waals surface area contributed by atoms with Crippen molar-refractivity contribution in [3.63, 3.8) is 0 Å². The molecule has 1 heterocycles. The van der Waals surface area contributed by atoms with Gasteiger partial charge in [-0.3, -0.25) is 9.48 Å². The minimum Gasteiger partial charge on any atom is -0.409 e. The predicted molar refractivity (Wildman–Crippen MR) is 62.8 cm³/mol. The van der Waals surface area contributed by atoms with Crippen LogP contribution in [0.2, 0.25) is 0 Å². The standard InChI is InChI=1S/C10H17N5O2/c1-3-6-15(7-9(11)13-17)10(16)8-4-5-12-14(8)2/h4-5,17H,3,6-7H2,1-2H3,(H2,11,13). The van der Waals surface area contributed by atoms with Crippen LogP contribution in [0.3, 0.4) is 0 Å². The fraction of sp³-hybridized carbons (Fsp3) is 0.500. The van der Waals surface area contributed by atoms with Gasteiger partial charge < -0.3 is 15.8 Å². The minimum atomic E-state index is -0.182. The van der Waals surface area contributed by atoms with Gasteiger partial charge in [0.05, 0.1) is 6.54 Å². The van der Waals surface area contributed by atoms with Crippen LogP contribution in [0.25, 0.3) is 0 Å². The van der Waals surface area contributed by atoms with Crippen molar-refractivity contribution in [2.45, 2.75) is 13.3 Å². The summed E-state index contributed by atoms with van der Waals surface area (Å²) in [6.07, 6.45) is 2.35. The monoisotopic (exact) mass is 239 g/mol. The van der Waals surface area contributed by atoms with Crippen molar-refractivity contribution in [2.24, 2.45) is 17.9 Å². The Morgan fingerprint density at radius 1 is 1.71 bits per heavy atom. The van der Waals surface area contributed by atoms with Gasteiger partial charge in [-0.2, -0.15) is 5.10 Å². The Hall–Kier alpha value is -2.05. The van der Waals surface area contributed by atoms with Crippen LogP contribution in [-0.4, -0.2) is 44.7 Å². The quantitative estimate of drug-likeness (QED) is 0.327. The van der Waals surface area contributed by atoms with Crippen molar-refractivity contribution in [2.75, 3.05) is 13.1 Å². The third kappa shape index (κ3) is 3.20. The molecule has 0 radical (unpaired) electrons. The Balaban J connectivity index is 2.84. The number of carbonyl (C=O) groups excluding carboxylic acids is 1. The van der Waals surface area contributed by atoms with E-state index in [0.29, 0.717) is 12.2 Å². The molecule has 0 bridgehead atoms. The van der Waals surface area contributed by atoms with E-state index in [9.17, 15) is 4.79 Å². The van der Waals surface area contributed by atoms with Gasteiger partial charge in [0, 0.05) is 19.8 Å². The largest absolute Gasteiger partial charge is 0.409 e. The second-order valence-corrected chi connectivity index (χ2v) is 3.66. The Bertz CT molecular complexity index is 413. The molecule has 0 unspecified atom stereocenters. The van der Waals surface area contributed by atoms with E-state index in [4.69, 9.17) is 10.9 Å². The second kappa shape index (κ2) is 5.88. The second-order valence-electron chi connectivity index (χ2n) is 3.66. The molecular formula is C10H17N5O2. The Morgan fingerprint density at radius 3 is 2.88 bits per heavy atom. The first kappa shape index (κ1) is 13.0. The lowest BCUT2D eigenvalue weighted by Gasteiger charge is -2.21. The van der Waals surface area contributed by atoms with Crippen molar-refractivity contribution in [3.8, 4) is 0 Å². The number of carbonyl (C=O) groups is 1. The van der Waals surface area contributed by atoms with Crippen LogP contribution in [0.15, 0.2) is 17.4 Å². The molecule has 0 fully saturated rings. The highest BCUT2D eigenvalue weighted by Gasteiger charge is 2.18. The van der Waals surface area contributed by atoms with Crippen molar-refractivity contribution in [1.82, 2.24) is 14.7 Å². The summed E-state index contributed by atoms with van der Waals surface area (Å²) in [6.45, 7) is 2.60. The van der Waals surface area contributed by atoms with E-state index in [1.165, 1.54) is 9.58 Å². The number of aromatic nitrogens is 2. The van der Waals surface area contributed by atoms with Crippen LogP contribution in [0.1, 0.15) is 23.8 Å². The van der Waals surface area contributed by atoms with Crippen molar-refractivity contribution < 1.29 is 10.0 Å².